The number of benzene rings is 10. The molecule has 11 aromatic rings. The van der Waals surface area contributed by atoms with E-state index in [-0.39, 0.29) is 5.41 Å². The molecule has 0 bridgehead atoms. The van der Waals surface area contributed by atoms with Crippen molar-refractivity contribution in [3.63, 3.8) is 0 Å². The third kappa shape index (κ3) is 4.43. The van der Waals surface area contributed by atoms with E-state index in [1.54, 1.807) is 0 Å². The Balaban J connectivity index is 0.983. The van der Waals surface area contributed by atoms with Gasteiger partial charge in [0.2, 0.25) is 0 Å². The molecule has 0 spiro atoms. The molecule has 0 fully saturated rings. The Bertz CT molecular complexity index is 3370. The van der Waals surface area contributed by atoms with Gasteiger partial charge in [0.25, 0.3) is 0 Å². The molecular weight excluding hydrogens is 677 g/mol. The molecule has 56 heavy (non-hydrogen) atoms. The fourth-order valence-electron chi connectivity index (χ4n) is 9.85. The Morgan fingerprint density at radius 3 is 1.59 bits per heavy atom. The van der Waals surface area contributed by atoms with E-state index in [4.69, 9.17) is 4.42 Å². The van der Waals surface area contributed by atoms with Crippen LogP contribution >= 0.6 is 0 Å². The molecule has 1 aliphatic rings. The molecule has 0 atom stereocenters. The fourth-order valence-corrected chi connectivity index (χ4v) is 9.85. The zero-order valence-corrected chi connectivity index (χ0v) is 31.2. The van der Waals surface area contributed by atoms with Crippen molar-refractivity contribution in [1.82, 2.24) is 0 Å². The van der Waals surface area contributed by atoms with Gasteiger partial charge in [-0.05, 0) is 124 Å². The Morgan fingerprint density at radius 1 is 0.339 bits per heavy atom. The van der Waals surface area contributed by atoms with Gasteiger partial charge in [0.1, 0.15) is 11.2 Å². The van der Waals surface area contributed by atoms with Gasteiger partial charge in [-0.15, -0.1) is 0 Å². The second-order valence-electron chi connectivity index (χ2n) is 16.0. The van der Waals surface area contributed by atoms with Gasteiger partial charge in [-0.2, -0.15) is 0 Å². The van der Waals surface area contributed by atoms with Crippen molar-refractivity contribution in [3.05, 3.63) is 193 Å². The lowest BCUT2D eigenvalue weighted by Gasteiger charge is -2.21. The summed E-state index contributed by atoms with van der Waals surface area (Å²) in [5.74, 6) is 0. The van der Waals surface area contributed by atoms with E-state index >= 15 is 0 Å². The van der Waals surface area contributed by atoms with Gasteiger partial charge in [-0.3, -0.25) is 0 Å². The number of hydrogen-bond donors (Lipinski definition) is 0. The molecule has 0 N–H and O–H groups in total. The maximum absolute atomic E-state index is 6.62. The van der Waals surface area contributed by atoms with Gasteiger partial charge in [-0.1, -0.05) is 166 Å². The monoisotopic (exact) mass is 712 g/mol. The van der Waals surface area contributed by atoms with Crippen LogP contribution in [-0.4, -0.2) is 0 Å². The van der Waals surface area contributed by atoms with Crippen LogP contribution in [0.5, 0.6) is 0 Å². The molecule has 1 aliphatic carbocycles. The van der Waals surface area contributed by atoms with Gasteiger partial charge in [0.15, 0.2) is 0 Å². The van der Waals surface area contributed by atoms with Crippen LogP contribution < -0.4 is 0 Å². The molecule has 10 aromatic carbocycles. The summed E-state index contributed by atoms with van der Waals surface area (Å²) in [6, 6.07) is 67.2. The summed E-state index contributed by atoms with van der Waals surface area (Å²) in [4.78, 5) is 0. The Labute approximate surface area is 325 Å². The molecule has 0 saturated heterocycles. The number of fused-ring (bicyclic) bond motifs is 11. The second-order valence-corrected chi connectivity index (χ2v) is 16.0. The summed E-state index contributed by atoms with van der Waals surface area (Å²) in [5.41, 5.74) is 14.6. The van der Waals surface area contributed by atoms with Crippen LogP contribution in [0.4, 0.5) is 0 Å². The lowest BCUT2D eigenvalue weighted by molar-refractivity contribution is 0.648. The molecule has 0 radical (unpaired) electrons. The third-order valence-corrected chi connectivity index (χ3v) is 12.6. The van der Waals surface area contributed by atoms with Crippen LogP contribution in [-0.2, 0) is 5.41 Å². The Kier molecular flexibility index (Phi) is 6.46. The van der Waals surface area contributed by atoms with Gasteiger partial charge < -0.3 is 4.42 Å². The maximum Gasteiger partial charge on any atom is 0.143 e. The molecule has 0 saturated carbocycles. The van der Waals surface area contributed by atoms with Crippen molar-refractivity contribution in [1.29, 1.82) is 0 Å². The molecule has 0 unspecified atom stereocenters. The molecule has 262 valence electrons. The molecule has 1 aromatic heterocycles. The van der Waals surface area contributed by atoms with E-state index in [1.165, 1.54) is 104 Å². The lowest BCUT2D eigenvalue weighted by atomic mass is 9.82. The van der Waals surface area contributed by atoms with Crippen LogP contribution in [0.2, 0.25) is 0 Å². The van der Waals surface area contributed by atoms with E-state index in [0.29, 0.717) is 0 Å². The van der Waals surface area contributed by atoms with Gasteiger partial charge in [0.05, 0.1) is 0 Å². The first-order valence-electron chi connectivity index (χ1n) is 19.6. The largest absolute Gasteiger partial charge is 0.455 e. The van der Waals surface area contributed by atoms with Crippen LogP contribution in [0.1, 0.15) is 25.0 Å². The van der Waals surface area contributed by atoms with Crippen molar-refractivity contribution >= 4 is 65.0 Å². The summed E-state index contributed by atoms with van der Waals surface area (Å²) < 4.78 is 6.62. The minimum atomic E-state index is -0.136. The topological polar surface area (TPSA) is 13.1 Å². The molecule has 12 rings (SSSR count). The Morgan fingerprint density at radius 2 is 0.875 bits per heavy atom. The summed E-state index contributed by atoms with van der Waals surface area (Å²) in [6.07, 6.45) is 0. The highest BCUT2D eigenvalue weighted by Gasteiger charge is 2.36. The second kappa shape index (κ2) is 11.5. The average molecular weight is 713 g/mol. The quantitative estimate of drug-likeness (QED) is 0.166. The standard InChI is InChI=1S/C55H36O/c1-55(2)49-28-26-38(30-46(49)47-31-48-45-27-25-35-12-5-6-14-40(35)54(45)56-51(48)32-50(47)55)34-19-22-36(23-20-34)52-41-15-7-9-17-43(41)53(44-18-10-8-16-42(44)52)39-24-21-33-11-3-4-13-37(33)29-39/h3-32H,1-2H3. The summed E-state index contributed by atoms with van der Waals surface area (Å²) in [6.45, 7) is 4.69. The highest BCUT2D eigenvalue weighted by molar-refractivity contribution is 6.22. The van der Waals surface area contributed by atoms with Crippen LogP contribution in [0.15, 0.2) is 186 Å². The van der Waals surface area contributed by atoms with E-state index < -0.39 is 0 Å². The lowest BCUT2D eigenvalue weighted by Crippen LogP contribution is -2.14. The molecule has 0 aliphatic heterocycles. The minimum absolute atomic E-state index is 0.136. The minimum Gasteiger partial charge on any atom is -0.455 e. The summed E-state index contributed by atoms with van der Waals surface area (Å²) in [7, 11) is 0. The first kappa shape index (κ1) is 31.4. The predicted molar refractivity (Wildman–Crippen MR) is 238 cm³/mol. The number of furan rings is 1. The van der Waals surface area contributed by atoms with Crippen molar-refractivity contribution in [2.75, 3.05) is 0 Å². The summed E-state index contributed by atoms with van der Waals surface area (Å²) in [5, 5.41) is 12.3. The smallest absolute Gasteiger partial charge is 0.143 e. The van der Waals surface area contributed by atoms with Crippen LogP contribution in [0.3, 0.4) is 0 Å². The molecule has 1 heteroatoms. The predicted octanol–water partition coefficient (Wildman–Crippen LogP) is 15.5. The zero-order chi connectivity index (χ0) is 37.1. The average Bonchev–Trinajstić information content (AvgIpc) is 3.73. The SMILES string of the molecule is CC1(C)c2ccc(-c3ccc(-c4c5ccccc5c(-c5ccc6ccccc6c5)c5ccccc45)cc3)cc2-c2cc3c(cc21)oc1c2ccccc2ccc31. The van der Waals surface area contributed by atoms with E-state index in [9.17, 15) is 0 Å². The van der Waals surface area contributed by atoms with Crippen molar-refractivity contribution in [2.45, 2.75) is 19.3 Å². The summed E-state index contributed by atoms with van der Waals surface area (Å²) >= 11 is 0. The van der Waals surface area contributed by atoms with Crippen molar-refractivity contribution in [2.24, 2.45) is 0 Å². The van der Waals surface area contributed by atoms with Gasteiger partial charge in [-0.25, -0.2) is 0 Å². The van der Waals surface area contributed by atoms with E-state index in [0.717, 1.165) is 16.6 Å². The first-order chi connectivity index (χ1) is 27.5. The van der Waals surface area contributed by atoms with Gasteiger partial charge in [0, 0.05) is 21.6 Å². The third-order valence-electron chi connectivity index (χ3n) is 12.6. The number of rotatable bonds is 3. The van der Waals surface area contributed by atoms with E-state index in [2.05, 4.69) is 196 Å². The van der Waals surface area contributed by atoms with Gasteiger partial charge >= 0.3 is 0 Å². The van der Waals surface area contributed by atoms with E-state index in [1.807, 2.05) is 0 Å². The highest BCUT2D eigenvalue weighted by atomic mass is 16.3. The Hall–Kier alpha value is -6.96. The highest BCUT2D eigenvalue weighted by Crippen LogP contribution is 2.52. The molecule has 0 amide bonds. The molecule has 1 nitrogen and oxygen atoms in total. The van der Waals surface area contributed by atoms with Crippen molar-refractivity contribution in [3.8, 4) is 44.5 Å². The van der Waals surface area contributed by atoms with Crippen LogP contribution in [0.25, 0.3) is 110 Å². The molecular formula is C55H36O. The fraction of sp³-hybridized carbons (Fsp3) is 0.0545. The normalized spacial score (nSPS) is 13.3. The van der Waals surface area contributed by atoms with Crippen molar-refractivity contribution < 1.29 is 4.42 Å². The number of hydrogen-bond acceptors (Lipinski definition) is 1. The first-order valence-corrected chi connectivity index (χ1v) is 19.6. The maximum atomic E-state index is 6.62. The zero-order valence-electron chi connectivity index (χ0n) is 31.2. The molecule has 1 heterocycles. The van der Waals surface area contributed by atoms with Crippen LogP contribution in [0, 0.1) is 0 Å².